The van der Waals surface area contributed by atoms with E-state index in [0.29, 0.717) is 22.8 Å². The average Bonchev–Trinajstić information content (AvgIpc) is 3.29. The highest BCUT2D eigenvalue weighted by atomic mass is 19.4. The quantitative estimate of drug-likeness (QED) is 0.498. The molecule has 0 saturated heterocycles. The van der Waals surface area contributed by atoms with Crippen molar-refractivity contribution in [2.24, 2.45) is 0 Å². The van der Waals surface area contributed by atoms with Gasteiger partial charge in [0.25, 0.3) is 5.91 Å². The van der Waals surface area contributed by atoms with E-state index < -0.39 is 12.1 Å². The molecule has 0 aliphatic carbocycles. The predicted octanol–water partition coefficient (Wildman–Crippen LogP) is 3.78. The zero-order chi connectivity index (χ0) is 25.1. The molecule has 0 bridgehead atoms. The first kappa shape index (κ1) is 26.2. The van der Waals surface area contributed by atoms with E-state index in [-0.39, 0.29) is 19.1 Å². The second kappa shape index (κ2) is 12.2. The number of aryl methyl sites for hydroxylation is 1. The molecule has 9 nitrogen and oxygen atoms in total. The maximum Gasteiger partial charge on any atom is 0.490 e. The van der Waals surface area contributed by atoms with Gasteiger partial charge in [0.05, 0.1) is 25.0 Å². The van der Waals surface area contributed by atoms with E-state index in [0.717, 1.165) is 17.8 Å². The van der Waals surface area contributed by atoms with Crippen molar-refractivity contribution >= 4 is 11.9 Å². The number of nitrogens with one attached hydrogen (secondary N) is 1. The fourth-order valence-corrected chi connectivity index (χ4v) is 2.44. The first-order valence-electron chi connectivity index (χ1n) is 9.87. The number of aliphatic carboxylic acids is 1. The summed E-state index contributed by atoms with van der Waals surface area (Å²) in [5.74, 6) is -1.36. The minimum atomic E-state index is -5.08. The van der Waals surface area contributed by atoms with E-state index in [9.17, 15) is 18.0 Å². The Hall–Kier alpha value is -4.09. The smallest absolute Gasteiger partial charge is 0.490 e. The van der Waals surface area contributed by atoms with Gasteiger partial charge in [-0.25, -0.2) is 4.79 Å². The molecule has 3 aromatic rings. The zero-order valence-electron chi connectivity index (χ0n) is 18.3. The standard InChI is InChI=1S/C20H21N3O4.C2HF3O2/c1-3-15-11-17(27-23-15)12-22-20(24)14-7-8-18(25-2)19(10-14)26-13-16-6-4-5-9-21-16;3-2(4,5)1(6)7/h4-11H,3,12-13H2,1-2H3,(H,22,24);(H,6,7). The van der Waals surface area contributed by atoms with Gasteiger partial charge < -0.3 is 24.4 Å². The number of aromatic nitrogens is 2. The van der Waals surface area contributed by atoms with Crippen LogP contribution in [0, 0.1) is 0 Å². The Labute approximate surface area is 192 Å². The van der Waals surface area contributed by atoms with Crippen LogP contribution in [0.1, 0.15) is 34.4 Å². The predicted molar refractivity (Wildman–Crippen MR) is 112 cm³/mol. The highest BCUT2D eigenvalue weighted by Crippen LogP contribution is 2.28. The Morgan fingerprint density at radius 1 is 1.12 bits per heavy atom. The van der Waals surface area contributed by atoms with Crippen LogP contribution < -0.4 is 14.8 Å². The Morgan fingerprint density at radius 2 is 1.85 bits per heavy atom. The van der Waals surface area contributed by atoms with Crippen molar-refractivity contribution in [3.63, 3.8) is 0 Å². The van der Waals surface area contributed by atoms with E-state index in [1.54, 1.807) is 31.5 Å². The summed E-state index contributed by atoms with van der Waals surface area (Å²) in [5.41, 5.74) is 2.10. The Kier molecular flexibility index (Phi) is 9.41. The van der Waals surface area contributed by atoms with Gasteiger partial charge in [-0.3, -0.25) is 9.78 Å². The van der Waals surface area contributed by atoms with E-state index in [1.165, 1.54) is 0 Å². The number of pyridine rings is 1. The molecule has 0 aliphatic heterocycles. The number of carboxylic acids is 1. The molecule has 2 N–H and O–H groups in total. The molecule has 0 saturated carbocycles. The number of nitrogens with zero attached hydrogens (tertiary/aromatic N) is 2. The van der Waals surface area contributed by atoms with Crippen LogP contribution >= 0.6 is 0 Å². The maximum absolute atomic E-state index is 12.4. The number of rotatable bonds is 8. The Morgan fingerprint density at radius 3 is 2.41 bits per heavy atom. The zero-order valence-corrected chi connectivity index (χ0v) is 18.3. The number of carbonyl (C=O) groups is 2. The lowest BCUT2D eigenvalue weighted by atomic mass is 10.2. The van der Waals surface area contributed by atoms with Crippen LogP contribution in [0.15, 0.2) is 53.2 Å². The van der Waals surface area contributed by atoms with Crippen molar-refractivity contribution in [2.75, 3.05) is 7.11 Å². The van der Waals surface area contributed by atoms with Gasteiger partial charge in [-0.1, -0.05) is 18.1 Å². The number of halogens is 3. The summed E-state index contributed by atoms with van der Waals surface area (Å²) >= 11 is 0. The first-order valence-corrected chi connectivity index (χ1v) is 9.87. The maximum atomic E-state index is 12.4. The number of hydrogen-bond acceptors (Lipinski definition) is 7. The molecule has 0 fully saturated rings. The first-order chi connectivity index (χ1) is 16.1. The molecule has 182 valence electrons. The van der Waals surface area contributed by atoms with Gasteiger partial charge in [-0.2, -0.15) is 13.2 Å². The number of methoxy groups -OCH3 is 1. The monoisotopic (exact) mass is 481 g/mol. The van der Waals surface area contributed by atoms with E-state index >= 15 is 0 Å². The molecule has 0 unspecified atom stereocenters. The van der Waals surface area contributed by atoms with Gasteiger partial charge in [-0.05, 0) is 36.8 Å². The van der Waals surface area contributed by atoms with E-state index in [4.69, 9.17) is 23.9 Å². The van der Waals surface area contributed by atoms with Gasteiger partial charge >= 0.3 is 12.1 Å². The van der Waals surface area contributed by atoms with E-state index in [1.807, 2.05) is 31.2 Å². The summed E-state index contributed by atoms with van der Waals surface area (Å²) < 4.78 is 48.0. The molecule has 34 heavy (non-hydrogen) atoms. The van der Waals surface area contributed by atoms with Gasteiger partial charge in [0.1, 0.15) is 6.61 Å². The summed E-state index contributed by atoms with van der Waals surface area (Å²) in [6, 6.07) is 12.5. The van der Waals surface area contributed by atoms with Crippen LogP contribution in [0.2, 0.25) is 0 Å². The van der Waals surface area contributed by atoms with Crippen molar-refractivity contribution in [1.82, 2.24) is 15.5 Å². The molecule has 0 spiro atoms. The van der Waals surface area contributed by atoms with Crippen molar-refractivity contribution < 1.29 is 41.9 Å². The number of carboxylic acid groups (broad SMARTS) is 1. The third-order valence-electron chi connectivity index (χ3n) is 4.16. The lowest BCUT2D eigenvalue weighted by Crippen LogP contribution is -2.22. The number of benzene rings is 1. The Bertz CT molecular complexity index is 1090. The van der Waals surface area contributed by atoms with Crippen molar-refractivity contribution in [3.05, 3.63) is 71.4 Å². The van der Waals surface area contributed by atoms with Crippen LogP contribution in [0.4, 0.5) is 13.2 Å². The average molecular weight is 481 g/mol. The van der Waals surface area contributed by atoms with E-state index in [2.05, 4.69) is 15.5 Å². The van der Waals surface area contributed by atoms with Gasteiger partial charge in [0.2, 0.25) is 0 Å². The minimum Gasteiger partial charge on any atom is -0.493 e. The minimum absolute atomic E-state index is 0.241. The molecular weight excluding hydrogens is 459 g/mol. The third-order valence-corrected chi connectivity index (χ3v) is 4.16. The molecular formula is C22H22F3N3O6. The largest absolute Gasteiger partial charge is 0.493 e. The second-order valence-electron chi connectivity index (χ2n) is 6.60. The molecule has 2 heterocycles. The summed E-state index contributed by atoms with van der Waals surface area (Å²) in [5, 5.41) is 13.8. The van der Waals surface area contributed by atoms with Crippen LogP contribution in [-0.4, -0.2) is 40.4 Å². The molecule has 0 aliphatic rings. The van der Waals surface area contributed by atoms with Gasteiger partial charge in [0, 0.05) is 17.8 Å². The van der Waals surface area contributed by atoms with Gasteiger partial charge in [0.15, 0.2) is 17.3 Å². The number of amides is 1. The molecule has 12 heteroatoms. The summed E-state index contributed by atoms with van der Waals surface area (Å²) in [6.07, 6.45) is -2.60. The molecule has 3 rings (SSSR count). The topological polar surface area (TPSA) is 124 Å². The molecule has 1 amide bonds. The molecule has 2 aromatic heterocycles. The van der Waals surface area contributed by atoms with Crippen molar-refractivity contribution in [2.45, 2.75) is 32.7 Å². The van der Waals surface area contributed by atoms with Crippen LogP contribution in [0.5, 0.6) is 11.5 Å². The van der Waals surface area contributed by atoms with Crippen LogP contribution in [0.25, 0.3) is 0 Å². The lowest BCUT2D eigenvalue weighted by molar-refractivity contribution is -0.192. The van der Waals surface area contributed by atoms with Gasteiger partial charge in [-0.15, -0.1) is 0 Å². The molecule has 0 atom stereocenters. The SMILES string of the molecule is CCc1cc(CNC(=O)c2ccc(OC)c(OCc3ccccn3)c2)on1.O=C(O)C(F)(F)F. The van der Waals surface area contributed by atoms with Crippen LogP contribution in [-0.2, 0) is 24.4 Å². The summed E-state index contributed by atoms with van der Waals surface area (Å²) in [6.45, 7) is 2.53. The molecule has 0 radical (unpaired) electrons. The summed E-state index contributed by atoms with van der Waals surface area (Å²) in [7, 11) is 1.55. The highest BCUT2D eigenvalue weighted by molar-refractivity contribution is 5.94. The normalized spacial score (nSPS) is 10.6. The van der Waals surface area contributed by atoms with Crippen molar-refractivity contribution in [3.8, 4) is 11.5 Å². The lowest BCUT2D eigenvalue weighted by Gasteiger charge is -2.12. The fraction of sp³-hybridized carbons (Fsp3) is 0.273. The second-order valence-corrected chi connectivity index (χ2v) is 6.60. The van der Waals surface area contributed by atoms with Crippen LogP contribution in [0.3, 0.4) is 0 Å². The van der Waals surface area contributed by atoms with Crippen molar-refractivity contribution in [1.29, 1.82) is 0 Å². The summed E-state index contributed by atoms with van der Waals surface area (Å²) in [4.78, 5) is 25.6. The number of carbonyl (C=O) groups excluding carboxylic acids is 1. The number of hydrogen-bond donors (Lipinski definition) is 2. The Balaban J connectivity index is 0.000000509. The fourth-order valence-electron chi connectivity index (χ4n) is 2.44. The number of alkyl halides is 3. The third kappa shape index (κ3) is 8.11. The highest BCUT2D eigenvalue weighted by Gasteiger charge is 2.38. The molecule has 1 aromatic carbocycles. The number of ether oxygens (including phenoxy) is 2.